The number of hydrogen-bond acceptors (Lipinski definition) is 3. The second-order valence-electron chi connectivity index (χ2n) is 4.07. The van der Waals surface area contributed by atoms with Crippen LogP contribution in [0, 0.1) is 12.3 Å². The Morgan fingerprint density at radius 1 is 1.33 bits per heavy atom. The minimum atomic E-state index is 0.0115. The molecule has 1 aromatic carbocycles. The van der Waals surface area contributed by atoms with Crippen molar-refractivity contribution in [1.82, 2.24) is 4.98 Å². The number of aromatic nitrogens is 1. The average Bonchev–Trinajstić information content (AvgIpc) is 2.37. The van der Waals surface area contributed by atoms with Gasteiger partial charge in [-0.15, -0.1) is 11.8 Å². The summed E-state index contributed by atoms with van der Waals surface area (Å²) in [5, 5.41) is 7.36. The first-order valence-electron chi connectivity index (χ1n) is 5.64. The van der Waals surface area contributed by atoms with Gasteiger partial charge in [0.1, 0.15) is 11.5 Å². The van der Waals surface area contributed by atoms with E-state index in [2.05, 4.69) is 36.2 Å². The van der Waals surface area contributed by atoms with Crippen molar-refractivity contribution in [2.75, 3.05) is 0 Å². The number of nitrogens with two attached hydrogens (primary N) is 1. The fraction of sp³-hybridized carbons (Fsp3) is 0.143. The third kappa shape index (κ3) is 3.34. The smallest absolute Gasteiger partial charge is 0.141 e. The lowest BCUT2D eigenvalue weighted by atomic mass is 10.2. The van der Waals surface area contributed by atoms with Gasteiger partial charge in [-0.05, 0) is 36.8 Å². The third-order valence-corrected chi connectivity index (χ3v) is 3.56. The van der Waals surface area contributed by atoms with Crippen LogP contribution in [0.5, 0.6) is 0 Å². The zero-order valence-electron chi connectivity index (χ0n) is 10.2. The number of nitrogens with one attached hydrogen (secondary N) is 1. The molecule has 4 heteroatoms. The molecule has 0 aliphatic rings. The highest BCUT2D eigenvalue weighted by Gasteiger charge is 2.01. The fourth-order valence-corrected chi connectivity index (χ4v) is 2.54. The molecular formula is C14H15N3S. The normalized spacial score (nSPS) is 10.3. The van der Waals surface area contributed by atoms with Gasteiger partial charge >= 0.3 is 0 Å². The lowest BCUT2D eigenvalue weighted by Crippen LogP contribution is -2.13. The quantitative estimate of drug-likeness (QED) is 0.503. The molecule has 0 aliphatic carbocycles. The highest BCUT2D eigenvalue weighted by Crippen LogP contribution is 2.23. The summed E-state index contributed by atoms with van der Waals surface area (Å²) in [4.78, 5) is 5.30. The van der Waals surface area contributed by atoms with E-state index in [9.17, 15) is 0 Å². The van der Waals surface area contributed by atoms with Crippen LogP contribution >= 0.6 is 11.8 Å². The molecule has 1 heterocycles. The maximum Gasteiger partial charge on any atom is 0.141 e. The van der Waals surface area contributed by atoms with Gasteiger partial charge in [0.05, 0.1) is 0 Å². The van der Waals surface area contributed by atoms with Crippen molar-refractivity contribution in [1.29, 1.82) is 5.41 Å². The molecule has 1 aromatic heterocycles. The Morgan fingerprint density at radius 3 is 2.89 bits per heavy atom. The first-order chi connectivity index (χ1) is 8.65. The number of rotatable bonds is 4. The number of hydrogen-bond donors (Lipinski definition) is 2. The molecule has 2 aromatic rings. The molecule has 0 atom stereocenters. The zero-order valence-corrected chi connectivity index (χ0v) is 11.0. The summed E-state index contributed by atoms with van der Waals surface area (Å²) in [6, 6.07) is 12.2. The van der Waals surface area contributed by atoms with Gasteiger partial charge in [-0.1, -0.05) is 17.7 Å². The van der Waals surface area contributed by atoms with Gasteiger partial charge in [-0.25, -0.2) is 0 Å². The Bertz CT molecular complexity index is 566. The number of nitrogens with zero attached hydrogens (tertiary/aromatic N) is 1. The molecule has 0 fully saturated rings. The van der Waals surface area contributed by atoms with Gasteiger partial charge < -0.3 is 5.73 Å². The highest BCUT2D eigenvalue weighted by molar-refractivity contribution is 7.98. The second kappa shape index (κ2) is 5.69. The molecule has 0 radical (unpaired) electrons. The Balaban J connectivity index is 2.06. The van der Waals surface area contributed by atoms with E-state index in [0.717, 1.165) is 11.3 Å². The Morgan fingerprint density at radius 2 is 2.17 bits per heavy atom. The van der Waals surface area contributed by atoms with E-state index in [4.69, 9.17) is 11.1 Å². The minimum absolute atomic E-state index is 0.0115. The predicted molar refractivity (Wildman–Crippen MR) is 76.0 cm³/mol. The molecule has 0 spiro atoms. The lowest BCUT2D eigenvalue weighted by Gasteiger charge is -2.04. The molecule has 0 unspecified atom stereocenters. The number of benzene rings is 1. The fourth-order valence-electron chi connectivity index (χ4n) is 1.58. The van der Waals surface area contributed by atoms with Crippen molar-refractivity contribution in [2.24, 2.45) is 5.73 Å². The monoisotopic (exact) mass is 257 g/mol. The van der Waals surface area contributed by atoms with Gasteiger partial charge in [-0.3, -0.25) is 10.4 Å². The SMILES string of the molecule is Cc1cccc(SCc2ccnc(C(=N)N)c2)c1. The van der Waals surface area contributed by atoms with E-state index in [1.165, 1.54) is 10.5 Å². The first-order valence-corrected chi connectivity index (χ1v) is 6.62. The maximum atomic E-state index is 7.36. The van der Waals surface area contributed by atoms with Crippen molar-refractivity contribution < 1.29 is 0 Å². The van der Waals surface area contributed by atoms with Crippen LogP contribution in [0.15, 0.2) is 47.5 Å². The summed E-state index contributed by atoms with van der Waals surface area (Å²) in [5.41, 5.74) is 8.35. The second-order valence-corrected chi connectivity index (χ2v) is 5.12. The summed E-state index contributed by atoms with van der Waals surface area (Å²) in [6.07, 6.45) is 1.70. The Hall–Kier alpha value is -1.81. The number of pyridine rings is 1. The number of aryl methyl sites for hydroxylation is 1. The molecule has 3 nitrogen and oxygen atoms in total. The van der Waals surface area contributed by atoms with Crippen molar-refractivity contribution in [3.8, 4) is 0 Å². The Labute approximate surface area is 111 Å². The molecular weight excluding hydrogens is 242 g/mol. The molecule has 92 valence electrons. The van der Waals surface area contributed by atoms with Gasteiger partial charge in [-0.2, -0.15) is 0 Å². The summed E-state index contributed by atoms with van der Waals surface area (Å²) in [7, 11) is 0. The van der Waals surface area contributed by atoms with E-state index >= 15 is 0 Å². The standard InChI is InChI=1S/C14H15N3S/c1-10-3-2-4-12(7-10)18-9-11-5-6-17-13(8-11)14(15)16/h2-8H,9H2,1H3,(H3,15,16). The van der Waals surface area contributed by atoms with Crippen LogP contribution in [0.4, 0.5) is 0 Å². The van der Waals surface area contributed by atoms with Crippen molar-refractivity contribution >= 4 is 17.6 Å². The molecule has 0 saturated carbocycles. The molecule has 18 heavy (non-hydrogen) atoms. The van der Waals surface area contributed by atoms with Crippen LogP contribution in [0.1, 0.15) is 16.8 Å². The summed E-state index contributed by atoms with van der Waals surface area (Å²) >= 11 is 1.77. The van der Waals surface area contributed by atoms with Crippen LogP contribution in [-0.4, -0.2) is 10.8 Å². The summed E-state index contributed by atoms with van der Waals surface area (Å²) in [6.45, 7) is 2.09. The minimum Gasteiger partial charge on any atom is -0.382 e. The summed E-state index contributed by atoms with van der Waals surface area (Å²) < 4.78 is 0. The van der Waals surface area contributed by atoms with Crippen LogP contribution in [0.2, 0.25) is 0 Å². The largest absolute Gasteiger partial charge is 0.382 e. The van der Waals surface area contributed by atoms with Gasteiger partial charge in [0.2, 0.25) is 0 Å². The van der Waals surface area contributed by atoms with Crippen molar-refractivity contribution in [3.05, 3.63) is 59.4 Å². The van der Waals surface area contributed by atoms with E-state index in [1.807, 2.05) is 12.1 Å². The van der Waals surface area contributed by atoms with Crippen molar-refractivity contribution in [3.63, 3.8) is 0 Å². The van der Waals surface area contributed by atoms with Gasteiger partial charge in [0.25, 0.3) is 0 Å². The molecule has 0 bridgehead atoms. The van der Waals surface area contributed by atoms with Gasteiger partial charge in [0, 0.05) is 16.8 Å². The molecule has 0 amide bonds. The molecule has 0 saturated heterocycles. The van der Waals surface area contributed by atoms with Crippen molar-refractivity contribution in [2.45, 2.75) is 17.6 Å². The van der Waals surface area contributed by atoms with E-state index in [-0.39, 0.29) is 5.84 Å². The number of amidine groups is 1. The number of nitrogen functional groups attached to an aromatic ring is 1. The van der Waals surface area contributed by atoms with Crippen LogP contribution < -0.4 is 5.73 Å². The molecule has 0 aliphatic heterocycles. The first kappa shape index (κ1) is 12.6. The number of thioether (sulfide) groups is 1. The average molecular weight is 257 g/mol. The molecule has 3 N–H and O–H groups in total. The van der Waals surface area contributed by atoms with Gasteiger partial charge in [0.15, 0.2) is 0 Å². The maximum absolute atomic E-state index is 7.36. The topological polar surface area (TPSA) is 62.8 Å². The highest BCUT2D eigenvalue weighted by atomic mass is 32.2. The van der Waals surface area contributed by atoms with E-state index < -0.39 is 0 Å². The third-order valence-electron chi connectivity index (χ3n) is 2.50. The predicted octanol–water partition coefficient (Wildman–Crippen LogP) is 2.97. The molecule has 2 rings (SSSR count). The van der Waals surface area contributed by atoms with Crippen LogP contribution in [0.3, 0.4) is 0 Å². The zero-order chi connectivity index (χ0) is 13.0. The van der Waals surface area contributed by atoms with Crippen LogP contribution in [0.25, 0.3) is 0 Å². The Kier molecular flexibility index (Phi) is 3.99. The van der Waals surface area contributed by atoms with E-state index in [1.54, 1.807) is 18.0 Å². The van der Waals surface area contributed by atoms with Crippen LogP contribution in [-0.2, 0) is 5.75 Å². The summed E-state index contributed by atoms with van der Waals surface area (Å²) in [5.74, 6) is 0.865. The van der Waals surface area contributed by atoms with E-state index in [0.29, 0.717) is 5.69 Å². The lowest BCUT2D eigenvalue weighted by molar-refractivity contribution is 1.22.